The predicted molar refractivity (Wildman–Crippen MR) is 94.2 cm³/mol. The summed E-state index contributed by atoms with van der Waals surface area (Å²) in [5.41, 5.74) is 0.649. The van der Waals surface area contributed by atoms with Crippen LogP contribution < -0.4 is 11.2 Å². The number of rotatable bonds is 8. The van der Waals surface area contributed by atoms with Gasteiger partial charge in [0.05, 0.1) is 19.3 Å². The molecule has 2 rings (SSSR count). The van der Waals surface area contributed by atoms with Crippen LogP contribution in [-0.2, 0) is 11.3 Å². The van der Waals surface area contributed by atoms with E-state index in [9.17, 15) is 13.6 Å². The molecule has 2 aromatic rings. The van der Waals surface area contributed by atoms with Crippen molar-refractivity contribution >= 4 is 29.2 Å². The number of aliphatic imine (C=N–C) groups is 1. The fourth-order valence-electron chi connectivity index (χ4n) is 1.75. The van der Waals surface area contributed by atoms with Crippen molar-refractivity contribution in [2.45, 2.75) is 19.1 Å². The number of hydrazone groups is 1. The van der Waals surface area contributed by atoms with Gasteiger partial charge in [0.25, 0.3) is 12.3 Å². The Morgan fingerprint density at radius 1 is 1.35 bits per heavy atom. The minimum Gasteiger partial charge on any atom is -0.385 e. The van der Waals surface area contributed by atoms with Crippen molar-refractivity contribution in [2.75, 3.05) is 6.54 Å². The van der Waals surface area contributed by atoms with E-state index < -0.39 is 25.0 Å². The molecular formula is C15H16F2N6O2S. The van der Waals surface area contributed by atoms with Crippen LogP contribution in [0.4, 0.5) is 8.78 Å². The number of hydrogen-bond donors (Lipinski definition) is 3. The van der Waals surface area contributed by atoms with Crippen LogP contribution >= 0.6 is 11.3 Å². The van der Waals surface area contributed by atoms with Gasteiger partial charge in [0.2, 0.25) is 0 Å². The number of hydrogen-bond acceptors (Lipinski definition) is 8. The summed E-state index contributed by atoms with van der Waals surface area (Å²) in [5.74, 6) is 4.45. The lowest BCUT2D eigenvalue weighted by atomic mass is 10.2. The molecule has 0 saturated heterocycles. The summed E-state index contributed by atoms with van der Waals surface area (Å²) in [6.45, 7) is -0.476. The Labute approximate surface area is 151 Å². The number of nitrogens with one attached hydrogen (secondary N) is 1. The molecule has 0 radical (unpaired) electrons. The van der Waals surface area contributed by atoms with Crippen LogP contribution in [0.3, 0.4) is 0 Å². The highest BCUT2D eigenvalue weighted by molar-refractivity contribution is 7.14. The van der Waals surface area contributed by atoms with Crippen molar-refractivity contribution in [3.05, 3.63) is 35.3 Å². The summed E-state index contributed by atoms with van der Waals surface area (Å²) >= 11 is 1.31. The average molecular weight is 382 g/mol. The average Bonchev–Trinajstić information content (AvgIpc) is 3.13. The van der Waals surface area contributed by atoms with Gasteiger partial charge in [-0.25, -0.2) is 8.78 Å². The molecular weight excluding hydrogens is 366 g/mol. The molecule has 26 heavy (non-hydrogen) atoms. The zero-order chi connectivity index (χ0) is 18.9. The summed E-state index contributed by atoms with van der Waals surface area (Å²) in [6.07, 6.45) is -3.90. The van der Waals surface area contributed by atoms with Gasteiger partial charge in [-0.15, -0.1) is 10.2 Å². The number of aliphatic hydroxyl groups excluding tert-OH is 1. The second kappa shape index (κ2) is 9.63. The molecule has 0 spiro atoms. The lowest BCUT2D eigenvalue weighted by Gasteiger charge is -2.05. The number of carbonyl (C=O) groups is 1. The maximum absolute atomic E-state index is 12.2. The van der Waals surface area contributed by atoms with Crippen molar-refractivity contribution in [1.82, 2.24) is 15.5 Å². The zero-order valence-electron chi connectivity index (χ0n) is 13.4. The van der Waals surface area contributed by atoms with Crippen LogP contribution in [-0.4, -0.2) is 52.2 Å². The van der Waals surface area contributed by atoms with Crippen LogP contribution in [0.5, 0.6) is 0 Å². The molecule has 1 unspecified atom stereocenters. The van der Waals surface area contributed by atoms with Gasteiger partial charge < -0.3 is 16.3 Å². The number of nitrogens with zero attached hydrogens (tertiary/aromatic N) is 4. The predicted octanol–water partition coefficient (Wildman–Crippen LogP) is 0.833. The van der Waals surface area contributed by atoms with Crippen LogP contribution in [0.15, 0.2) is 40.4 Å². The fourth-order valence-corrected chi connectivity index (χ4v) is 2.53. The maximum atomic E-state index is 12.2. The summed E-state index contributed by atoms with van der Waals surface area (Å²) in [4.78, 5) is 15.5. The molecule has 1 aromatic carbocycles. The number of nitrogens with two attached hydrogens (primary N) is 1. The van der Waals surface area contributed by atoms with Crippen LogP contribution in [0.1, 0.15) is 5.01 Å². The van der Waals surface area contributed by atoms with Gasteiger partial charge in [-0.2, -0.15) is 5.10 Å². The van der Waals surface area contributed by atoms with Crippen molar-refractivity contribution in [2.24, 2.45) is 15.9 Å². The number of aliphatic hydroxyl groups is 1. The normalized spacial score (nSPS) is 13.3. The van der Waals surface area contributed by atoms with E-state index in [4.69, 9.17) is 10.9 Å². The molecule has 8 nitrogen and oxygen atoms in total. The van der Waals surface area contributed by atoms with Gasteiger partial charge in [0.15, 0.2) is 5.71 Å². The van der Waals surface area contributed by atoms with E-state index in [1.165, 1.54) is 11.3 Å². The van der Waals surface area contributed by atoms with Crippen molar-refractivity contribution in [3.8, 4) is 10.6 Å². The van der Waals surface area contributed by atoms with Gasteiger partial charge in [0, 0.05) is 5.56 Å². The zero-order valence-corrected chi connectivity index (χ0v) is 14.2. The standard InChI is InChI=1S/C15H16F2N6O2S/c16-13(17)11(24)7-19-6-10(21-18)14(25)20-8-12-22-23-15(26-12)9-4-2-1-3-5-9/h1-6,11,13,24H,7-8,18H2,(H,20,25)/b19-6?,21-10+. The van der Waals surface area contributed by atoms with E-state index in [2.05, 4.69) is 25.6 Å². The largest absolute Gasteiger partial charge is 0.385 e. The highest BCUT2D eigenvalue weighted by atomic mass is 32.1. The van der Waals surface area contributed by atoms with E-state index in [0.29, 0.717) is 10.0 Å². The first-order valence-corrected chi connectivity index (χ1v) is 8.22. The molecule has 1 amide bonds. The molecule has 0 bridgehead atoms. The highest BCUT2D eigenvalue weighted by Gasteiger charge is 2.16. The van der Waals surface area contributed by atoms with Gasteiger partial charge in [-0.05, 0) is 0 Å². The second-order valence-electron chi connectivity index (χ2n) is 4.96. The lowest BCUT2D eigenvalue weighted by molar-refractivity contribution is -0.114. The van der Waals surface area contributed by atoms with E-state index >= 15 is 0 Å². The molecule has 1 aromatic heterocycles. The number of amides is 1. The lowest BCUT2D eigenvalue weighted by Crippen LogP contribution is -2.32. The molecule has 4 N–H and O–H groups in total. The summed E-state index contributed by atoms with van der Waals surface area (Å²) in [6, 6.07) is 9.44. The molecule has 0 fully saturated rings. The Bertz CT molecular complexity index is 781. The SMILES string of the molecule is N/N=C(\C=NCC(O)C(F)F)C(=O)NCc1nnc(-c2ccccc2)s1. The number of halogens is 2. The third-order valence-corrected chi connectivity index (χ3v) is 4.03. The molecule has 0 aliphatic carbocycles. The van der Waals surface area contributed by atoms with Gasteiger partial charge >= 0.3 is 0 Å². The fraction of sp³-hybridized carbons (Fsp3) is 0.267. The Morgan fingerprint density at radius 2 is 2.08 bits per heavy atom. The van der Waals surface area contributed by atoms with E-state index in [0.717, 1.165) is 11.8 Å². The third-order valence-electron chi connectivity index (χ3n) is 3.06. The van der Waals surface area contributed by atoms with E-state index in [-0.39, 0.29) is 12.3 Å². The Morgan fingerprint density at radius 3 is 2.73 bits per heavy atom. The van der Waals surface area contributed by atoms with Crippen LogP contribution in [0.2, 0.25) is 0 Å². The first kappa shape index (κ1) is 19.5. The van der Waals surface area contributed by atoms with Crippen LogP contribution in [0.25, 0.3) is 10.6 Å². The molecule has 11 heteroatoms. The quantitative estimate of drug-likeness (QED) is 0.354. The molecule has 0 aliphatic heterocycles. The minimum absolute atomic E-state index is 0.0931. The number of alkyl halides is 2. The summed E-state index contributed by atoms with van der Waals surface area (Å²) in [5, 5.41) is 24.1. The maximum Gasteiger partial charge on any atom is 0.273 e. The first-order valence-electron chi connectivity index (χ1n) is 7.41. The van der Waals surface area contributed by atoms with Gasteiger partial charge in [0.1, 0.15) is 16.1 Å². The van der Waals surface area contributed by atoms with Crippen LogP contribution in [0, 0.1) is 0 Å². The van der Waals surface area contributed by atoms with E-state index in [1.807, 2.05) is 30.3 Å². The monoisotopic (exact) mass is 382 g/mol. The summed E-state index contributed by atoms with van der Waals surface area (Å²) in [7, 11) is 0. The Kier molecular flexibility index (Phi) is 7.24. The highest BCUT2D eigenvalue weighted by Crippen LogP contribution is 2.22. The van der Waals surface area contributed by atoms with Crippen molar-refractivity contribution in [3.63, 3.8) is 0 Å². The minimum atomic E-state index is -2.92. The number of benzene rings is 1. The second-order valence-corrected chi connectivity index (χ2v) is 6.02. The molecule has 0 saturated carbocycles. The van der Waals surface area contributed by atoms with E-state index in [1.54, 1.807) is 0 Å². The van der Waals surface area contributed by atoms with Gasteiger partial charge in [-0.1, -0.05) is 41.7 Å². The smallest absolute Gasteiger partial charge is 0.273 e. The molecule has 0 aliphatic rings. The topological polar surface area (TPSA) is 126 Å². The Hall–Kier alpha value is -2.79. The number of carbonyl (C=O) groups excluding carboxylic acids is 1. The molecule has 1 atom stereocenters. The third kappa shape index (κ3) is 5.63. The van der Waals surface area contributed by atoms with Gasteiger partial charge in [-0.3, -0.25) is 9.79 Å². The first-order chi connectivity index (χ1) is 12.5. The summed E-state index contributed by atoms with van der Waals surface area (Å²) < 4.78 is 24.3. The molecule has 1 heterocycles. The Balaban J connectivity index is 1.89. The number of aromatic nitrogens is 2. The van der Waals surface area contributed by atoms with Crippen molar-refractivity contribution < 1.29 is 18.7 Å². The molecule has 138 valence electrons. The van der Waals surface area contributed by atoms with Crippen molar-refractivity contribution in [1.29, 1.82) is 0 Å².